The Labute approximate surface area is 173 Å². The van der Waals surface area contributed by atoms with Gasteiger partial charge in [0, 0.05) is 26.2 Å². The molecule has 1 fully saturated rings. The van der Waals surface area contributed by atoms with Crippen molar-refractivity contribution in [1.82, 2.24) is 9.80 Å². The van der Waals surface area contributed by atoms with Gasteiger partial charge in [-0.05, 0) is 6.44 Å². The van der Waals surface area contributed by atoms with E-state index in [1.165, 1.54) is 0 Å². The van der Waals surface area contributed by atoms with Crippen LogP contribution in [-0.2, 0) is 4.74 Å². The van der Waals surface area contributed by atoms with Gasteiger partial charge in [-0.25, -0.2) is 4.79 Å². The molecule has 0 unspecified atom stereocenters. The van der Waals surface area contributed by atoms with Gasteiger partial charge in [0.25, 0.3) is 6.10 Å². The summed E-state index contributed by atoms with van der Waals surface area (Å²) in [5.74, 6) is 0. The van der Waals surface area contributed by atoms with Crippen LogP contribution in [0, 0.1) is 0 Å². The second-order valence-corrected chi connectivity index (χ2v) is 4.85. The first-order valence-electron chi connectivity index (χ1n) is 6.22. The van der Waals surface area contributed by atoms with Crippen LogP contribution in [0.5, 0.6) is 0 Å². The van der Waals surface area contributed by atoms with E-state index in [2.05, 4.69) is 4.74 Å². The number of carbonyl (C=O) groups is 1. The van der Waals surface area contributed by atoms with Crippen LogP contribution in [0.4, 0.5) is 44.1 Å². The Morgan fingerprint density at radius 2 is 1.38 bits per heavy atom. The molecule has 1 rings (SSSR count). The van der Waals surface area contributed by atoms with Crippen molar-refractivity contribution >= 4 is 13.1 Å². The number of halogens is 9. The van der Waals surface area contributed by atoms with Crippen molar-refractivity contribution in [2.75, 3.05) is 32.6 Å². The Bertz CT molecular complexity index is 407. The molecule has 4 nitrogen and oxygen atoms in total. The molecule has 1 amide bonds. The summed E-state index contributed by atoms with van der Waals surface area (Å²) in [6.07, 6.45) is -19.1. The summed E-state index contributed by atoms with van der Waals surface area (Å²) in [4.78, 5) is 12.8. The average Bonchev–Trinajstić information content (AvgIpc) is 2.31. The standard InChI is InChI=1S/C9H11BF9N2O2.K/c11-8(12,13)6(9(14,15)16)23-7(22)21-3-1-20(2-4-21)5-10(17,18)19;/h6H,1-5H2;/q-1;+1. The van der Waals surface area contributed by atoms with Gasteiger partial charge in [-0.2, -0.15) is 26.3 Å². The zero-order valence-corrected chi connectivity index (χ0v) is 15.4. The van der Waals surface area contributed by atoms with E-state index in [1.54, 1.807) is 0 Å². The Morgan fingerprint density at radius 3 is 1.71 bits per heavy atom. The number of nitrogens with zero attached hydrogens (tertiary/aromatic N) is 2. The molecule has 0 aromatic carbocycles. The van der Waals surface area contributed by atoms with Crippen molar-refractivity contribution < 1.29 is 100 Å². The summed E-state index contributed by atoms with van der Waals surface area (Å²) in [7, 11) is 0. The molecular formula is C9H11BF9KN2O2. The third kappa shape index (κ3) is 8.12. The molecular weight excluding hydrogens is 389 g/mol. The molecule has 0 saturated carbocycles. The molecule has 0 aromatic rings. The molecule has 0 bridgehead atoms. The van der Waals surface area contributed by atoms with E-state index in [9.17, 15) is 44.1 Å². The molecule has 0 aromatic heterocycles. The Kier molecular flexibility index (Phi) is 8.90. The third-order valence-corrected chi connectivity index (χ3v) is 2.91. The summed E-state index contributed by atoms with van der Waals surface area (Å²) >= 11 is 0. The minimum atomic E-state index is -5.84. The van der Waals surface area contributed by atoms with Gasteiger partial charge < -0.3 is 27.5 Å². The van der Waals surface area contributed by atoms with E-state index in [0.29, 0.717) is 4.90 Å². The molecule has 15 heteroatoms. The predicted molar refractivity (Wildman–Crippen MR) is 59.5 cm³/mol. The first kappa shape index (κ1) is 24.3. The minimum absolute atomic E-state index is 0. The van der Waals surface area contributed by atoms with Gasteiger partial charge in [0.05, 0.1) is 0 Å². The molecule has 0 atom stereocenters. The van der Waals surface area contributed by atoms with E-state index in [1.807, 2.05) is 0 Å². The van der Waals surface area contributed by atoms with Crippen LogP contribution < -0.4 is 51.4 Å². The zero-order chi connectivity index (χ0) is 18.1. The maximum Gasteiger partial charge on any atom is 1.00 e. The number of carbonyl (C=O) groups excluding carboxylic acids is 1. The van der Waals surface area contributed by atoms with Crippen molar-refractivity contribution in [3.05, 3.63) is 0 Å². The smallest absolute Gasteiger partial charge is 0.448 e. The SMILES string of the molecule is O=C(OC(C(F)(F)F)C(F)(F)F)N1CCN(C[B-](F)(F)F)CC1.[K+]. The van der Waals surface area contributed by atoms with Crippen molar-refractivity contribution in [3.63, 3.8) is 0 Å². The molecule has 1 aliphatic heterocycles. The van der Waals surface area contributed by atoms with Crippen LogP contribution >= 0.6 is 0 Å². The molecule has 1 aliphatic rings. The van der Waals surface area contributed by atoms with E-state index in [-0.39, 0.29) is 64.5 Å². The monoisotopic (exact) mass is 400 g/mol. The summed E-state index contributed by atoms with van der Waals surface area (Å²) < 4.78 is 114. The topological polar surface area (TPSA) is 32.8 Å². The van der Waals surface area contributed by atoms with Gasteiger partial charge >= 0.3 is 76.8 Å². The second kappa shape index (κ2) is 8.79. The molecule has 0 N–H and O–H groups in total. The van der Waals surface area contributed by atoms with Crippen molar-refractivity contribution in [2.24, 2.45) is 0 Å². The number of piperazine rings is 1. The van der Waals surface area contributed by atoms with Gasteiger partial charge in [-0.1, -0.05) is 0 Å². The largest absolute Gasteiger partial charge is 1.00 e. The Balaban J connectivity index is 0.00000529. The van der Waals surface area contributed by atoms with E-state index >= 15 is 0 Å². The van der Waals surface area contributed by atoms with Gasteiger partial charge in [-0.15, -0.1) is 0 Å². The minimum Gasteiger partial charge on any atom is -0.448 e. The number of amides is 1. The molecule has 0 spiro atoms. The number of rotatable bonds is 3. The first-order valence-corrected chi connectivity index (χ1v) is 6.22. The van der Waals surface area contributed by atoms with Crippen molar-refractivity contribution in [2.45, 2.75) is 18.5 Å². The van der Waals surface area contributed by atoms with Crippen LogP contribution in [0.15, 0.2) is 0 Å². The van der Waals surface area contributed by atoms with Crippen LogP contribution in [0.3, 0.4) is 0 Å². The number of alkyl halides is 6. The summed E-state index contributed by atoms with van der Waals surface area (Å²) in [5, 5.41) is 0. The fourth-order valence-corrected chi connectivity index (χ4v) is 1.90. The van der Waals surface area contributed by atoms with E-state index in [4.69, 9.17) is 0 Å². The van der Waals surface area contributed by atoms with E-state index in [0.717, 1.165) is 4.90 Å². The zero-order valence-electron chi connectivity index (χ0n) is 12.3. The second-order valence-electron chi connectivity index (χ2n) is 4.85. The molecule has 24 heavy (non-hydrogen) atoms. The summed E-state index contributed by atoms with van der Waals surface area (Å²) in [5.41, 5.74) is 0. The fraction of sp³-hybridized carbons (Fsp3) is 0.889. The van der Waals surface area contributed by atoms with Gasteiger partial charge in [0.1, 0.15) is 0 Å². The fourth-order valence-electron chi connectivity index (χ4n) is 1.90. The number of ether oxygens (including phenoxy) is 1. The third-order valence-electron chi connectivity index (χ3n) is 2.91. The van der Waals surface area contributed by atoms with Crippen LogP contribution in [0.2, 0.25) is 0 Å². The summed E-state index contributed by atoms with van der Waals surface area (Å²) in [6, 6.07) is 0. The van der Waals surface area contributed by atoms with Crippen molar-refractivity contribution in [1.29, 1.82) is 0 Å². The van der Waals surface area contributed by atoms with Gasteiger partial charge in [0.15, 0.2) is 0 Å². The quantitative estimate of drug-likeness (QED) is 0.479. The van der Waals surface area contributed by atoms with Crippen LogP contribution in [-0.4, -0.2) is 74.0 Å². The Morgan fingerprint density at radius 1 is 0.958 bits per heavy atom. The molecule has 1 saturated heterocycles. The number of hydrogen-bond acceptors (Lipinski definition) is 3. The summed E-state index contributed by atoms with van der Waals surface area (Å²) in [6.45, 7) is -6.72. The number of hydrogen-bond donors (Lipinski definition) is 0. The van der Waals surface area contributed by atoms with Gasteiger partial charge in [-0.3, -0.25) is 0 Å². The van der Waals surface area contributed by atoms with Crippen LogP contribution in [0.1, 0.15) is 0 Å². The molecule has 136 valence electrons. The van der Waals surface area contributed by atoms with Crippen LogP contribution in [0.25, 0.3) is 0 Å². The molecule has 0 aliphatic carbocycles. The Hall–Kier alpha value is 0.301. The normalized spacial score (nSPS) is 17.7. The average molecular weight is 400 g/mol. The van der Waals surface area contributed by atoms with E-state index < -0.39 is 51.1 Å². The maximum absolute atomic E-state index is 12.2. The maximum atomic E-state index is 12.2. The first-order chi connectivity index (χ1) is 10.2. The predicted octanol–water partition coefficient (Wildman–Crippen LogP) is -0.376. The molecule has 0 radical (unpaired) electrons. The van der Waals surface area contributed by atoms with Crippen molar-refractivity contribution in [3.8, 4) is 0 Å². The molecule has 1 heterocycles. The van der Waals surface area contributed by atoms with Gasteiger partial charge in [0.2, 0.25) is 0 Å².